The van der Waals surface area contributed by atoms with E-state index in [9.17, 15) is 0 Å². The van der Waals surface area contributed by atoms with Crippen molar-refractivity contribution < 1.29 is 5.11 Å². The molecule has 1 heterocycles. The van der Waals surface area contributed by atoms with Crippen LogP contribution in [0.15, 0.2) is 28.7 Å². The van der Waals surface area contributed by atoms with Crippen molar-refractivity contribution in [1.82, 2.24) is 5.32 Å². The average Bonchev–Trinajstić information content (AvgIpc) is 2.30. The van der Waals surface area contributed by atoms with E-state index in [2.05, 4.69) is 44.3 Å². The van der Waals surface area contributed by atoms with Crippen molar-refractivity contribution >= 4 is 21.6 Å². The highest BCUT2D eigenvalue weighted by molar-refractivity contribution is 9.10. The van der Waals surface area contributed by atoms with Gasteiger partial charge in [0.15, 0.2) is 0 Å². The summed E-state index contributed by atoms with van der Waals surface area (Å²) in [6.07, 6.45) is 0.824. The summed E-state index contributed by atoms with van der Waals surface area (Å²) in [7, 11) is 0. The Morgan fingerprint density at radius 2 is 2.38 bits per heavy atom. The maximum absolute atomic E-state index is 8.95. The Morgan fingerprint density at radius 1 is 1.50 bits per heavy atom. The summed E-state index contributed by atoms with van der Waals surface area (Å²) in [5.41, 5.74) is 1.25. The molecule has 2 N–H and O–H groups in total. The molecule has 0 saturated carbocycles. The minimum absolute atomic E-state index is 0.254. The number of nitrogens with one attached hydrogen (secondary N) is 1. The molecule has 1 unspecified atom stereocenters. The zero-order valence-corrected chi connectivity index (χ0v) is 10.8. The van der Waals surface area contributed by atoms with Gasteiger partial charge in [-0.05, 0) is 24.6 Å². The predicted molar refractivity (Wildman–Crippen MR) is 69.8 cm³/mol. The van der Waals surface area contributed by atoms with Gasteiger partial charge in [0, 0.05) is 42.4 Å². The quantitative estimate of drug-likeness (QED) is 0.885. The second-order valence-electron chi connectivity index (χ2n) is 4.09. The fourth-order valence-electron chi connectivity index (χ4n) is 2.08. The minimum Gasteiger partial charge on any atom is -0.396 e. The molecule has 2 rings (SSSR count). The zero-order chi connectivity index (χ0) is 11.4. The molecule has 4 heteroatoms. The molecule has 0 bridgehead atoms. The minimum atomic E-state index is 0.254. The monoisotopic (exact) mass is 284 g/mol. The van der Waals surface area contributed by atoms with Gasteiger partial charge in [0.05, 0.1) is 0 Å². The van der Waals surface area contributed by atoms with E-state index in [-0.39, 0.29) is 6.61 Å². The Balaban J connectivity index is 2.03. The van der Waals surface area contributed by atoms with E-state index >= 15 is 0 Å². The van der Waals surface area contributed by atoms with Gasteiger partial charge < -0.3 is 15.3 Å². The second kappa shape index (κ2) is 5.66. The zero-order valence-electron chi connectivity index (χ0n) is 9.19. The summed E-state index contributed by atoms with van der Waals surface area (Å²) in [4.78, 5) is 2.36. The van der Waals surface area contributed by atoms with Crippen LogP contribution in [0, 0.1) is 0 Å². The lowest BCUT2D eigenvalue weighted by Crippen LogP contribution is -2.51. The van der Waals surface area contributed by atoms with Gasteiger partial charge in [-0.2, -0.15) is 0 Å². The summed E-state index contributed by atoms with van der Waals surface area (Å²) in [5.74, 6) is 0. The third-order valence-corrected chi connectivity index (χ3v) is 3.40. The van der Waals surface area contributed by atoms with Crippen LogP contribution in [0.25, 0.3) is 0 Å². The first kappa shape index (κ1) is 11.9. The van der Waals surface area contributed by atoms with Crippen LogP contribution >= 0.6 is 15.9 Å². The molecular weight excluding hydrogens is 268 g/mol. The van der Waals surface area contributed by atoms with Crippen LogP contribution in [0.4, 0.5) is 5.69 Å². The smallest absolute Gasteiger partial charge is 0.0446 e. The summed E-state index contributed by atoms with van der Waals surface area (Å²) in [6, 6.07) is 8.77. The van der Waals surface area contributed by atoms with Gasteiger partial charge in [0.1, 0.15) is 0 Å². The number of rotatable bonds is 3. The molecular formula is C12H17BrN2O. The lowest BCUT2D eigenvalue weighted by Gasteiger charge is -2.35. The fourth-order valence-corrected chi connectivity index (χ4v) is 2.47. The molecule has 1 aliphatic heterocycles. The Kier molecular flexibility index (Phi) is 4.21. The first-order chi connectivity index (χ1) is 7.79. The molecule has 16 heavy (non-hydrogen) atoms. The molecule has 3 nitrogen and oxygen atoms in total. The van der Waals surface area contributed by atoms with Crippen LogP contribution in [0.3, 0.4) is 0 Å². The maximum Gasteiger partial charge on any atom is 0.0446 e. The first-order valence-corrected chi connectivity index (χ1v) is 6.43. The van der Waals surface area contributed by atoms with Gasteiger partial charge in [-0.15, -0.1) is 0 Å². The predicted octanol–water partition coefficient (Wildman–Crippen LogP) is 1.61. The normalized spacial score (nSPS) is 21.1. The van der Waals surface area contributed by atoms with Gasteiger partial charge in [-0.3, -0.25) is 0 Å². The van der Waals surface area contributed by atoms with Crippen LogP contribution in [0.1, 0.15) is 6.42 Å². The van der Waals surface area contributed by atoms with E-state index in [1.807, 2.05) is 6.07 Å². The number of aliphatic hydroxyl groups excluding tert-OH is 1. The largest absolute Gasteiger partial charge is 0.396 e. The summed E-state index contributed by atoms with van der Waals surface area (Å²) in [5, 5.41) is 12.4. The molecule has 1 fully saturated rings. The number of benzene rings is 1. The van der Waals surface area contributed by atoms with Crippen molar-refractivity contribution in [1.29, 1.82) is 0 Å². The number of hydrogen-bond acceptors (Lipinski definition) is 3. The number of halogens is 1. The van der Waals surface area contributed by atoms with Crippen LogP contribution < -0.4 is 10.2 Å². The van der Waals surface area contributed by atoms with E-state index in [0.717, 1.165) is 30.5 Å². The SMILES string of the molecule is OCCC1CN(c2cccc(Br)c2)CCN1. The van der Waals surface area contributed by atoms with E-state index < -0.39 is 0 Å². The molecule has 1 atom stereocenters. The molecule has 0 spiro atoms. The van der Waals surface area contributed by atoms with E-state index in [1.165, 1.54) is 5.69 Å². The molecule has 1 aliphatic rings. The van der Waals surface area contributed by atoms with E-state index in [0.29, 0.717) is 6.04 Å². The molecule has 1 saturated heterocycles. The molecule has 88 valence electrons. The highest BCUT2D eigenvalue weighted by atomic mass is 79.9. The highest BCUT2D eigenvalue weighted by Gasteiger charge is 2.18. The van der Waals surface area contributed by atoms with Gasteiger partial charge in [-0.25, -0.2) is 0 Å². The lowest BCUT2D eigenvalue weighted by atomic mass is 10.1. The van der Waals surface area contributed by atoms with E-state index in [4.69, 9.17) is 5.11 Å². The summed E-state index contributed by atoms with van der Waals surface area (Å²) < 4.78 is 1.11. The number of piperazine rings is 1. The first-order valence-electron chi connectivity index (χ1n) is 5.64. The van der Waals surface area contributed by atoms with Crippen LogP contribution in [0.5, 0.6) is 0 Å². The molecule has 1 aromatic rings. The van der Waals surface area contributed by atoms with Gasteiger partial charge in [0.2, 0.25) is 0 Å². The van der Waals surface area contributed by atoms with Crippen molar-refractivity contribution in [2.45, 2.75) is 12.5 Å². The Morgan fingerprint density at radius 3 is 3.12 bits per heavy atom. The van der Waals surface area contributed by atoms with Crippen molar-refractivity contribution in [2.75, 3.05) is 31.1 Å². The standard InChI is InChI=1S/C12H17BrN2O/c13-10-2-1-3-12(8-10)15-6-5-14-11(9-15)4-7-16/h1-3,8,11,14,16H,4-7,9H2. The molecule has 0 aliphatic carbocycles. The van der Waals surface area contributed by atoms with Crippen molar-refractivity contribution in [3.8, 4) is 0 Å². The maximum atomic E-state index is 8.95. The fraction of sp³-hybridized carbons (Fsp3) is 0.500. The van der Waals surface area contributed by atoms with Crippen molar-refractivity contribution in [3.63, 3.8) is 0 Å². The number of nitrogens with zero attached hydrogens (tertiary/aromatic N) is 1. The molecule has 0 aromatic heterocycles. The van der Waals surface area contributed by atoms with Gasteiger partial charge in [-0.1, -0.05) is 22.0 Å². The third kappa shape index (κ3) is 2.97. The number of hydrogen-bond donors (Lipinski definition) is 2. The number of aliphatic hydroxyl groups is 1. The third-order valence-electron chi connectivity index (χ3n) is 2.91. The topological polar surface area (TPSA) is 35.5 Å². The average molecular weight is 285 g/mol. The highest BCUT2D eigenvalue weighted by Crippen LogP contribution is 2.21. The van der Waals surface area contributed by atoms with Crippen LogP contribution in [-0.4, -0.2) is 37.4 Å². The summed E-state index contributed by atoms with van der Waals surface area (Å²) >= 11 is 3.49. The molecule has 1 aromatic carbocycles. The van der Waals surface area contributed by atoms with Crippen LogP contribution in [-0.2, 0) is 0 Å². The lowest BCUT2D eigenvalue weighted by molar-refractivity contribution is 0.260. The Hall–Kier alpha value is -0.580. The molecule has 0 amide bonds. The summed E-state index contributed by atoms with van der Waals surface area (Å²) in [6.45, 7) is 3.23. The second-order valence-corrected chi connectivity index (χ2v) is 5.00. The van der Waals surface area contributed by atoms with Crippen molar-refractivity contribution in [3.05, 3.63) is 28.7 Å². The van der Waals surface area contributed by atoms with Gasteiger partial charge >= 0.3 is 0 Å². The van der Waals surface area contributed by atoms with Crippen LogP contribution in [0.2, 0.25) is 0 Å². The Labute approximate surface area is 105 Å². The van der Waals surface area contributed by atoms with Gasteiger partial charge in [0.25, 0.3) is 0 Å². The van der Waals surface area contributed by atoms with Crippen molar-refractivity contribution in [2.24, 2.45) is 0 Å². The van der Waals surface area contributed by atoms with E-state index in [1.54, 1.807) is 0 Å². The number of anilines is 1. The molecule has 0 radical (unpaired) electrons. The Bertz CT molecular complexity index is 344.